The van der Waals surface area contributed by atoms with E-state index in [1.165, 1.54) is 11.1 Å². The molecule has 6 nitrogen and oxygen atoms in total. The first kappa shape index (κ1) is 14.7. The lowest BCUT2D eigenvalue weighted by molar-refractivity contribution is 0.127. The second-order valence-corrected chi connectivity index (χ2v) is 5.96. The van der Waals surface area contributed by atoms with Crippen LogP contribution in [0.2, 0.25) is 0 Å². The fraction of sp³-hybridized carbons (Fsp3) is 0.500. The van der Waals surface area contributed by atoms with Crippen molar-refractivity contribution < 1.29 is 14.3 Å². The first-order chi connectivity index (χ1) is 10.5. The van der Waals surface area contributed by atoms with Crippen LogP contribution in [-0.2, 0) is 11.3 Å². The van der Waals surface area contributed by atoms with Crippen molar-refractivity contribution in [2.24, 2.45) is 0 Å². The predicted molar refractivity (Wildman–Crippen MR) is 81.6 cm³/mol. The molecule has 1 aromatic rings. The molecule has 1 N–H and O–H groups in total. The number of cyclic esters (lactones) is 1. The number of fused-ring (bicyclic) bond motifs is 1. The molecule has 1 aromatic carbocycles. The second kappa shape index (κ2) is 5.87. The van der Waals surface area contributed by atoms with Crippen LogP contribution in [0.15, 0.2) is 18.2 Å². The highest BCUT2D eigenvalue weighted by molar-refractivity contribution is 5.75. The summed E-state index contributed by atoms with van der Waals surface area (Å²) >= 11 is 0. The molecule has 0 bridgehead atoms. The van der Waals surface area contributed by atoms with E-state index in [9.17, 15) is 9.59 Å². The van der Waals surface area contributed by atoms with E-state index in [2.05, 4.69) is 31.3 Å². The van der Waals surface area contributed by atoms with Gasteiger partial charge in [-0.3, -0.25) is 4.90 Å². The Labute approximate surface area is 130 Å². The molecule has 0 unspecified atom stereocenters. The van der Waals surface area contributed by atoms with Crippen LogP contribution < -0.4 is 5.32 Å². The Morgan fingerprint density at radius 3 is 2.95 bits per heavy atom. The van der Waals surface area contributed by atoms with E-state index in [0.717, 1.165) is 5.56 Å². The summed E-state index contributed by atoms with van der Waals surface area (Å²) in [5, 5.41) is 2.96. The van der Waals surface area contributed by atoms with Gasteiger partial charge in [0.25, 0.3) is 0 Å². The fourth-order valence-electron chi connectivity index (χ4n) is 3.00. The molecular formula is C16H21N3O3. The molecule has 0 radical (unpaired) electrons. The summed E-state index contributed by atoms with van der Waals surface area (Å²) in [6.07, 6.45) is -0.264. The van der Waals surface area contributed by atoms with Crippen LogP contribution >= 0.6 is 0 Å². The van der Waals surface area contributed by atoms with Gasteiger partial charge in [0.2, 0.25) is 0 Å². The quantitative estimate of drug-likeness (QED) is 0.903. The van der Waals surface area contributed by atoms with Gasteiger partial charge in [0, 0.05) is 26.2 Å². The number of hydrogen-bond acceptors (Lipinski definition) is 3. The van der Waals surface area contributed by atoms with Crippen LogP contribution in [0.5, 0.6) is 0 Å². The number of ether oxygens (including phenoxy) is 1. The lowest BCUT2D eigenvalue weighted by Crippen LogP contribution is -2.55. The topological polar surface area (TPSA) is 61.9 Å². The van der Waals surface area contributed by atoms with Crippen molar-refractivity contribution in [1.82, 2.24) is 15.1 Å². The Hall–Kier alpha value is -2.24. The highest BCUT2D eigenvalue weighted by Crippen LogP contribution is 2.18. The van der Waals surface area contributed by atoms with Crippen molar-refractivity contribution in [2.45, 2.75) is 26.4 Å². The maximum Gasteiger partial charge on any atom is 0.410 e. The largest absolute Gasteiger partial charge is 0.447 e. The number of hydrogen-bond donors (Lipinski definition) is 1. The summed E-state index contributed by atoms with van der Waals surface area (Å²) < 4.78 is 5.01. The monoisotopic (exact) mass is 303 g/mol. The number of urea groups is 1. The van der Waals surface area contributed by atoms with Gasteiger partial charge in [-0.1, -0.05) is 23.8 Å². The smallest absolute Gasteiger partial charge is 0.410 e. The van der Waals surface area contributed by atoms with E-state index >= 15 is 0 Å². The van der Waals surface area contributed by atoms with Crippen molar-refractivity contribution in [3.8, 4) is 0 Å². The van der Waals surface area contributed by atoms with Gasteiger partial charge in [0.15, 0.2) is 0 Å². The van der Waals surface area contributed by atoms with E-state index in [1.54, 1.807) is 9.80 Å². The van der Waals surface area contributed by atoms with E-state index in [1.807, 2.05) is 6.07 Å². The average molecular weight is 303 g/mol. The van der Waals surface area contributed by atoms with E-state index in [0.29, 0.717) is 32.8 Å². The fourth-order valence-corrected chi connectivity index (χ4v) is 3.00. The van der Waals surface area contributed by atoms with Gasteiger partial charge in [-0.05, 0) is 25.0 Å². The van der Waals surface area contributed by atoms with Gasteiger partial charge in [0.05, 0.1) is 6.04 Å². The number of nitrogens with one attached hydrogen (secondary N) is 1. The molecule has 22 heavy (non-hydrogen) atoms. The summed E-state index contributed by atoms with van der Waals surface area (Å²) in [6.45, 7) is 6.62. The van der Waals surface area contributed by atoms with Gasteiger partial charge in [-0.25, -0.2) is 9.59 Å². The van der Waals surface area contributed by atoms with Crippen molar-refractivity contribution in [3.63, 3.8) is 0 Å². The summed E-state index contributed by atoms with van der Waals surface area (Å²) in [7, 11) is 0. The third-order valence-electron chi connectivity index (χ3n) is 4.33. The molecule has 6 heteroatoms. The Bertz CT molecular complexity index is 602. The lowest BCUT2D eigenvalue weighted by Gasteiger charge is -2.35. The average Bonchev–Trinajstić information content (AvgIpc) is 2.87. The van der Waals surface area contributed by atoms with Crippen LogP contribution in [0.3, 0.4) is 0 Å². The highest BCUT2D eigenvalue weighted by atomic mass is 16.6. The number of nitrogens with zero attached hydrogens (tertiary/aromatic N) is 2. The zero-order chi connectivity index (χ0) is 15.7. The van der Waals surface area contributed by atoms with Gasteiger partial charge in [-0.15, -0.1) is 0 Å². The third-order valence-corrected chi connectivity index (χ3v) is 4.33. The molecule has 2 aliphatic heterocycles. The van der Waals surface area contributed by atoms with Crippen molar-refractivity contribution >= 4 is 12.1 Å². The summed E-state index contributed by atoms with van der Waals surface area (Å²) in [5.41, 5.74) is 3.52. The SMILES string of the molecule is Cc1ccc(CNC(=O)N2CCN3C(=O)OC[C@@H]3C2)c(C)c1. The van der Waals surface area contributed by atoms with Crippen LogP contribution in [0.4, 0.5) is 9.59 Å². The Morgan fingerprint density at radius 1 is 1.36 bits per heavy atom. The Balaban J connectivity index is 1.55. The molecular weight excluding hydrogens is 282 g/mol. The molecule has 3 rings (SSSR count). The Morgan fingerprint density at radius 2 is 2.18 bits per heavy atom. The van der Waals surface area contributed by atoms with E-state index in [-0.39, 0.29) is 18.2 Å². The number of rotatable bonds is 2. The molecule has 118 valence electrons. The normalized spacial score (nSPS) is 20.6. The standard InChI is InChI=1S/C16H21N3O3/c1-11-3-4-13(12(2)7-11)8-17-15(20)18-5-6-19-14(9-18)10-22-16(19)21/h3-4,7,14H,5-6,8-10H2,1-2H3,(H,17,20)/t14-/m0/s1. The highest BCUT2D eigenvalue weighted by Gasteiger charge is 2.38. The molecule has 2 saturated heterocycles. The summed E-state index contributed by atoms with van der Waals surface area (Å²) in [6, 6.07) is 6.12. The van der Waals surface area contributed by atoms with Crippen molar-refractivity contribution in [1.29, 1.82) is 0 Å². The first-order valence-electron chi connectivity index (χ1n) is 7.57. The molecule has 1 atom stereocenters. The number of benzene rings is 1. The maximum absolute atomic E-state index is 12.3. The summed E-state index contributed by atoms with van der Waals surface area (Å²) in [5.74, 6) is 0. The minimum absolute atomic E-state index is 0.00638. The molecule has 2 fully saturated rings. The van der Waals surface area contributed by atoms with Gasteiger partial charge in [-0.2, -0.15) is 0 Å². The van der Waals surface area contributed by atoms with E-state index < -0.39 is 0 Å². The third kappa shape index (κ3) is 2.86. The van der Waals surface area contributed by atoms with Crippen LogP contribution in [0.25, 0.3) is 0 Å². The molecule has 0 aliphatic carbocycles. The molecule has 0 saturated carbocycles. The van der Waals surface area contributed by atoms with Crippen LogP contribution in [-0.4, -0.2) is 54.2 Å². The van der Waals surface area contributed by atoms with E-state index in [4.69, 9.17) is 4.74 Å². The van der Waals surface area contributed by atoms with Crippen molar-refractivity contribution in [3.05, 3.63) is 34.9 Å². The molecule has 0 spiro atoms. The maximum atomic E-state index is 12.3. The zero-order valence-electron chi connectivity index (χ0n) is 13.0. The summed E-state index contributed by atoms with van der Waals surface area (Å²) in [4.78, 5) is 27.2. The first-order valence-corrected chi connectivity index (χ1v) is 7.57. The second-order valence-electron chi connectivity index (χ2n) is 5.96. The molecule has 2 aliphatic rings. The van der Waals surface area contributed by atoms with Crippen molar-refractivity contribution in [2.75, 3.05) is 26.2 Å². The number of carbonyl (C=O) groups is 2. The van der Waals surface area contributed by atoms with Gasteiger partial charge < -0.3 is 15.0 Å². The number of piperazine rings is 1. The predicted octanol–water partition coefficient (Wildman–Crippen LogP) is 1.65. The zero-order valence-corrected chi connectivity index (χ0v) is 13.0. The lowest BCUT2D eigenvalue weighted by atomic mass is 10.1. The molecule has 0 aromatic heterocycles. The van der Waals surface area contributed by atoms with Gasteiger partial charge >= 0.3 is 12.1 Å². The molecule has 2 heterocycles. The molecule has 3 amide bonds. The van der Waals surface area contributed by atoms with Crippen LogP contribution in [0.1, 0.15) is 16.7 Å². The number of amides is 3. The number of carbonyl (C=O) groups excluding carboxylic acids is 2. The van der Waals surface area contributed by atoms with Crippen LogP contribution in [0, 0.1) is 13.8 Å². The number of aryl methyl sites for hydroxylation is 2. The Kier molecular flexibility index (Phi) is 3.92. The minimum atomic E-state index is -0.264. The minimum Gasteiger partial charge on any atom is -0.447 e. The van der Waals surface area contributed by atoms with Gasteiger partial charge in [0.1, 0.15) is 6.61 Å².